The van der Waals surface area contributed by atoms with Gasteiger partial charge in [-0.15, -0.1) is 0 Å². The summed E-state index contributed by atoms with van der Waals surface area (Å²) in [5.41, 5.74) is 9.12. The van der Waals surface area contributed by atoms with Crippen molar-refractivity contribution in [3.05, 3.63) is 52.1 Å². The summed E-state index contributed by atoms with van der Waals surface area (Å²) in [6, 6.07) is 7.90. The van der Waals surface area contributed by atoms with Gasteiger partial charge in [0.1, 0.15) is 5.82 Å². The van der Waals surface area contributed by atoms with Gasteiger partial charge in [0, 0.05) is 24.2 Å². The number of benzene rings is 1. The van der Waals surface area contributed by atoms with Crippen LogP contribution < -0.4 is 5.73 Å². The molecule has 0 aliphatic heterocycles. The first-order valence-electron chi connectivity index (χ1n) is 5.57. The van der Waals surface area contributed by atoms with Gasteiger partial charge < -0.3 is 10.3 Å². The van der Waals surface area contributed by atoms with Crippen LogP contribution in [0.4, 0.5) is 0 Å². The smallest absolute Gasteiger partial charge is 0.122 e. The van der Waals surface area contributed by atoms with E-state index in [4.69, 9.17) is 17.3 Å². The zero-order chi connectivity index (χ0) is 12.4. The van der Waals surface area contributed by atoms with Crippen LogP contribution in [0.25, 0.3) is 0 Å². The van der Waals surface area contributed by atoms with E-state index >= 15 is 0 Å². The van der Waals surface area contributed by atoms with Crippen molar-refractivity contribution in [2.75, 3.05) is 0 Å². The first kappa shape index (κ1) is 12.1. The zero-order valence-corrected chi connectivity index (χ0v) is 10.8. The Hall–Kier alpha value is -1.32. The lowest BCUT2D eigenvalue weighted by atomic mass is 10.1. The van der Waals surface area contributed by atoms with E-state index < -0.39 is 0 Å². The Morgan fingerprint density at radius 1 is 1.29 bits per heavy atom. The molecule has 0 radical (unpaired) electrons. The van der Waals surface area contributed by atoms with Crippen LogP contribution in [-0.2, 0) is 20.0 Å². The monoisotopic (exact) mass is 249 g/mol. The Balaban J connectivity index is 2.29. The molecule has 0 aliphatic carbocycles. The van der Waals surface area contributed by atoms with Crippen molar-refractivity contribution in [2.24, 2.45) is 12.8 Å². The van der Waals surface area contributed by atoms with Gasteiger partial charge >= 0.3 is 0 Å². The third kappa shape index (κ3) is 2.51. The number of nitrogens with zero attached hydrogens (tertiary/aromatic N) is 2. The Kier molecular flexibility index (Phi) is 3.50. The van der Waals surface area contributed by atoms with E-state index in [9.17, 15) is 0 Å². The lowest BCUT2D eigenvalue weighted by molar-refractivity contribution is 0.760. The summed E-state index contributed by atoms with van der Waals surface area (Å²) in [6.07, 6.45) is 0.854. The Morgan fingerprint density at radius 3 is 2.47 bits per heavy atom. The lowest BCUT2D eigenvalue weighted by Gasteiger charge is -2.06. The minimum atomic E-state index is 0.470. The number of rotatable bonds is 3. The summed E-state index contributed by atoms with van der Waals surface area (Å²) < 4.78 is 2.07. The summed E-state index contributed by atoms with van der Waals surface area (Å²) >= 11 is 5.87. The number of aromatic nitrogens is 2. The van der Waals surface area contributed by atoms with E-state index in [1.165, 1.54) is 11.3 Å². The Labute approximate surface area is 106 Å². The maximum absolute atomic E-state index is 5.87. The van der Waals surface area contributed by atoms with E-state index in [0.29, 0.717) is 6.54 Å². The second kappa shape index (κ2) is 4.90. The largest absolute Gasteiger partial charge is 0.333 e. The van der Waals surface area contributed by atoms with Gasteiger partial charge in [0.05, 0.1) is 12.2 Å². The van der Waals surface area contributed by atoms with Crippen LogP contribution in [0, 0.1) is 6.92 Å². The number of imidazole rings is 1. The SMILES string of the molecule is Cc1nc(CN)n(C)c1Cc1ccc(Cl)cc1. The van der Waals surface area contributed by atoms with Crippen LogP contribution in [0.5, 0.6) is 0 Å². The molecule has 0 saturated heterocycles. The van der Waals surface area contributed by atoms with Crippen molar-refractivity contribution < 1.29 is 0 Å². The molecule has 0 aliphatic rings. The molecule has 2 N–H and O–H groups in total. The van der Waals surface area contributed by atoms with Crippen LogP contribution in [0.3, 0.4) is 0 Å². The second-order valence-corrected chi connectivity index (χ2v) is 4.56. The number of nitrogens with two attached hydrogens (primary N) is 1. The van der Waals surface area contributed by atoms with Crippen molar-refractivity contribution in [3.63, 3.8) is 0 Å². The molecule has 3 nitrogen and oxygen atoms in total. The van der Waals surface area contributed by atoms with E-state index in [0.717, 1.165) is 23.0 Å². The van der Waals surface area contributed by atoms with Gasteiger partial charge in [0.2, 0.25) is 0 Å². The van der Waals surface area contributed by atoms with Gasteiger partial charge in [0.25, 0.3) is 0 Å². The lowest BCUT2D eigenvalue weighted by Crippen LogP contribution is -2.07. The summed E-state index contributed by atoms with van der Waals surface area (Å²) in [5.74, 6) is 0.923. The highest BCUT2D eigenvalue weighted by molar-refractivity contribution is 6.30. The minimum absolute atomic E-state index is 0.470. The van der Waals surface area contributed by atoms with Crippen LogP contribution in [-0.4, -0.2) is 9.55 Å². The van der Waals surface area contributed by atoms with E-state index in [-0.39, 0.29) is 0 Å². The average molecular weight is 250 g/mol. The standard InChI is InChI=1S/C13H16ClN3/c1-9-12(17(2)13(8-15)16-9)7-10-3-5-11(14)6-4-10/h3-6H,7-8,15H2,1-2H3. The number of halogens is 1. The molecule has 2 aromatic rings. The van der Waals surface area contributed by atoms with Crippen molar-refractivity contribution in [2.45, 2.75) is 19.9 Å². The topological polar surface area (TPSA) is 43.8 Å². The fourth-order valence-electron chi connectivity index (χ4n) is 1.96. The van der Waals surface area contributed by atoms with Crippen molar-refractivity contribution in [3.8, 4) is 0 Å². The maximum atomic E-state index is 5.87. The van der Waals surface area contributed by atoms with Gasteiger partial charge in [-0.2, -0.15) is 0 Å². The molecule has 1 aromatic carbocycles. The molecule has 1 heterocycles. The molecular formula is C13H16ClN3. The molecule has 0 atom stereocenters. The molecule has 2 rings (SSSR count). The molecule has 0 unspecified atom stereocenters. The fraction of sp³-hybridized carbons (Fsp3) is 0.308. The van der Waals surface area contributed by atoms with Crippen LogP contribution >= 0.6 is 11.6 Å². The molecule has 4 heteroatoms. The van der Waals surface area contributed by atoms with Gasteiger partial charge in [-0.1, -0.05) is 23.7 Å². The average Bonchev–Trinajstić information content (AvgIpc) is 2.59. The molecule has 90 valence electrons. The molecule has 1 aromatic heterocycles. The number of hydrogen-bond donors (Lipinski definition) is 1. The van der Waals surface area contributed by atoms with Gasteiger partial charge in [-0.05, 0) is 24.6 Å². The van der Waals surface area contributed by atoms with Gasteiger partial charge in [-0.3, -0.25) is 0 Å². The highest BCUT2D eigenvalue weighted by atomic mass is 35.5. The molecular weight excluding hydrogens is 234 g/mol. The predicted molar refractivity (Wildman–Crippen MR) is 70.1 cm³/mol. The first-order chi connectivity index (χ1) is 8.11. The number of aryl methyl sites for hydroxylation is 1. The third-order valence-electron chi connectivity index (χ3n) is 2.97. The van der Waals surface area contributed by atoms with Crippen molar-refractivity contribution >= 4 is 11.6 Å². The number of hydrogen-bond acceptors (Lipinski definition) is 2. The predicted octanol–water partition coefficient (Wildman–Crippen LogP) is 2.43. The summed E-state index contributed by atoms with van der Waals surface area (Å²) in [6.45, 7) is 2.49. The molecule has 0 spiro atoms. The maximum Gasteiger partial charge on any atom is 0.122 e. The summed E-state index contributed by atoms with van der Waals surface area (Å²) in [7, 11) is 2.01. The molecule has 0 bridgehead atoms. The fourth-order valence-corrected chi connectivity index (χ4v) is 2.08. The quantitative estimate of drug-likeness (QED) is 0.908. The molecule has 17 heavy (non-hydrogen) atoms. The Morgan fingerprint density at radius 2 is 1.94 bits per heavy atom. The third-order valence-corrected chi connectivity index (χ3v) is 3.23. The Bertz CT molecular complexity index is 514. The highest BCUT2D eigenvalue weighted by Gasteiger charge is 2.10. The molecule has 0 fully saturated rings. The summed E-state index contributed by atoms with van der Waals surface area (Å²) in [5, 5.41) is 0.762. The van der Waals surface area contributed by atoms with Gasteiger partial charge in [-0.25, -0.2) is 4.98 Å². The molecule has 0 amide bonds. The van der Waals surface area contributed by atoms with Crippen LogP contribution in [0.2, 0.25) is 5.02 Å². The molecule has 0 saturated carbocycles. The highest BCUT2D eigenvalue weighted by Crippen LogP contribution is 2.16. The van der Waals surface area contributed by atoms with E-state index in [2.05, 4.69) is 9.55 Å². The van der Waals surface area contributed by atoms with Crippen LogP contribution in [0.1, 0.15) is 22.8 Å². The van der Waals surface area contributed by atoms with E-state index in [1.807, 2.05) is 38.2 Å². The summed E-state index contributed by atoms with van der Waals surface area (Å²) in [4.78, 5) is 4.45. The zero-order valence-electron chi connectivity index (χ0n) is 10.1. The van der Waals surface area contributed by atoms with Crippen molar-refractivity contribution in [1.82, 2.24) is 9.55 Å². The van der Waals surface area contributed by atoms with Crippen LogP contribution in [0.15, 0.2) is 24.3 Å². The van der Waals surface area contributed by atoms with Crippen molar-refractivity contribution in [1.29, 1.82) is 0 Å². The van der Waals surface area contributed by atoms with Gasteiger partial charge in [0.15, 0.2) is 0 Å². The minimum Gasteiger partial charge on any atom is -0.333 e. The second-order valence-electron chi connectivity index (χ2n) is 4.13. The first-order valence-corrected chi connectivity index (χ1v) is 5.95. The van der Waals surface area contributed by atoms with E-state index in [1.54, 1.807) is 0 Å². The normalized spacial score (nSPS) is 10.8.